The van der Waals surface area contributed by atoms with Crippen LogP contribution in [0.2, 0.25) is 0 Å². The van der Waals surface area contributed by atoms with Crippen LogP contribution in [-0.4, -0.2) is 38.1 Å². The summed E-state index contributed by atoms with van der Waals surface area (Å²) in [6, 6.07) is 0. The molecule has 0 saturated heterocycles. The summed E-state index contributed by atoms with van der Waals surface area (Å²) in [7, 11) is 6.00. The molecule has 0 aromatic rings. The van der Waals surface area contributed by atoms with Crippen LogP contribution in [-0.2, 0) is 0 Å². The van der Waals surface area contributed by atoms with E-state index >= 15 is 0 Å². The number of nitrogens with zero attached hydrogens (tertiary/aromatic N) is 1. The van der Waals surface area contributed by atoms with Crippen molar-refractivity contribution in [2.45, 2.75) is 13.3 Å². The fraction of sp³-hybridized carbons (Fsp3) is 1.00. The van der Waals surface area contributed by atoms with Gasteiger partial charge in [0, 0.05) is 0 Å². The molecule has 0 amide bonds. The van der Waals surface area contributed by atoms with Crippen LogP contribution < -0.4 is 5.73 Å². The first-order valence-electron chi connectivity index (χ1n) is 2.96. The molecular formula is C6H20N2O. The zero-order valence-electron chi connectivity index (χ0n) is 6.94. The molecule has 0 rings (SSSR count). The maximum Gasteiger partial charge on any atom is -0.00799 e. The summed E-state index contributed by atoms with van der Waals surface area (Å²) < 4.78 is 0. The molecule has 3 heteroatoms. The minimum absolute atomic E-state index is 0. The minimum atomic E-state index is 0. The summed E-state index contributed by atoms with van der Waals surface area (Å²) in [5.74, 6) is 0. The summed E-state index contributed by atoms with van der Waals surface area (Å²) >= 11 is 0. The average molecular weight is 136 g/mol. The van der Waals surface area contributed by atoms with Gasteiger partial charge in [-0.15, -0.1) is 0 Å². The zero-order valence-corrected chi connectivity index (χ0v) is 6.94. The smallest absolute Gasteiger partial charge is 0.00799 e. The third-order valence-electron chi connectivity index (χ3n) is 0.289. The van der Waals surface area contributed by atoms with Gasteiger partial charge in [-0.25, -0.2) is 0 Å². The Morgan fingerprint density at radius 3 is 1.33 bits per heavy atom. The highest BCUT2D eigenvalue weighted by molar-refractivity contribution is 4.19. The molecular weight excluding hydrogens is 116 g/mol. The first-order chi connectivity index (χ1) is 3.65. The van der Waals surface area contributed by atoms with Gasteiger partial charge in [-0.1, -0.05) is 6.92 Å². The van der Waals surface area contributed by atoms with Gasteiger partial charge in [0.05, 0.1) is 0 Å². The molecule has 60 valence electrons. The first kappa shape index (κ1) is 15.9. The van der Waals surface area contributed by atoms with Crippen molar-refractivity contribution in [1.82, 2.24) is 4.90 Å². The maximum absolute atomic E-state index is 5.03. The van der Waals surface area contributed by atoms with E-state index < -0.39 is 0 Å². The van der Waals surface area contributed by atoms with E-state index in [2.05, 4.69) is 6.92 Å². The van der Waals surface area contributed by atoms with Crippen LogP contribution in [0.25, 0.3) is 0 Å². The summed E-state index contributed by atoms with van der Waals surface area (Å²) in [5, 5.41) is 0. The molecule has 0 atom stereocenters. The van der Waals surface area contributed by atoms with E-state index in [0.29, 0.717) is 0 Å². The van der Waals surface area contributed by atoms with Crippen molar-refractivity contribution in [2.24, 2.45) is 5.73 Å². The lowest BCUT2D eigenvalue weighted by Gasteiger charge is -1.90. The van der Waals surface area contributed by atoms with Crippen molar-refractivity contribution in [3.05, 3.63) is 0 Å². The topological polar surface area (TPSA) is 60.8 Å². The van der Waals surface area contributed by atoms with E-state index in [1.54, 1.807) is 0 Å². The molecule has 0 aliphatic heterocycles. The molecule has 0 spiro atoms. The van der Waals surface area contributed by atoms with Gasteiger partial charge in [0.25, 0.3) is 0 Å². The molecule has 0 heterocycles. The van der Waals surface area contributed by atoms with Gasteiger partial charge in [-0.2, -0.15) is 0 Å². The lowest BCUT2D eigenvalue weighted by atomic mass is 10.5. The Labute approximate surface area is 58.2 Å². The van der Waals surface area contributed by atoms with Gasteiger partial charge in [0.2, 0.25) is 0 Å². The molecule has 3 nitrogen and oxygen atoms in total. The lowest BCUT2D eigenvalue weighted by Crippen LogP contribution is -1.99. The van der Waals surface area contributed by atoms with Gasteiger partial charge in [-0.05, 0) is 34.1 Å². The second kappa shape index (κ2) is 15.7. The van der Waals surface area contributed by atoms with E-state index in [1.165, 1.54) is 0 Å². The third-order valence-corrected chi connectivity index (χ3v) is 0.289. The average Bonchev–Trinajstić information content (AvgIpc) is 1.65. The van der Waals surface area contributed by atoms with Crippen LogP contribution >= 0.6 is 0 Å². The monoisotopic (exact) mass is 136 g/mol. The normalized spacial score (nSPS) is 7.33. The summed E-state index contributed by atoms with van der Waals surface area (Å²) in [5.41, 5.74) is 5.03. The molecule has 9 heavy (non-hydrogen) atoms. The Balaban J connectivity index is -0.0000000720. The predicted octanol–water partition coefficient (Wildman–Crippen LogP) is -0.292. The minimum Gasteiger partial charge on any atom is -0.412 e. The predicted molar refractivity (Wildman–Crippen MR) is 42.6 cm³/mol. The lowest BCUT2D eigenvalue weighted by molar-refractivity contribution is 0.505. The number of rotatable bonds is 1. The summed E-state index contributed by atoms with van der Waals surface area (Å²) in [6.07, 6.45) is 1.10. The largest absolute Gasteiger partial charge is 0.412 e. The highest BCUT2D eigenvalue weighted by atomic mass is 16.0. The van der Waals surface area contributed by atoms with Crippen LogP contribution in [0.4, 0.5) is 0 Å². The second-order valence-electron chi connectivity index (χ2n) is 2.13. The van der Waals surface area contributed by atoms with Crippen LogP contribution in [0.3, 0.4) is 0 Å². The highest BCUT2D eigenvalue weighted by Gasteiger charge is 1.58. The van der Waals surface area contributed by atoms with Crippen LogP contribution in [0, 0.1) is 0 Å². The van der Waals surface area contributed by atoms with Crippen LogP contribution in [0.15, 0.2) is 0 Å². The van der Waals surface area contributed by atoms with Crippen molar-refractivity contribution in [3.8, 4) is 0 Å². The van der Waals surface area contributed by atoms with E-state index in [-0.39, 0.29) is 5.48 Å². The van der Waals surface area contributed by atoms with Crippen molar-refractivity contribution >= 4 is 0 Å². The molecule has 0 aromatic carbocycles. The van der Waals surface area contributed by atoms with E-state index in [4.69, 9.17) is 5.73 Å². The van der Waals surface area contributed by atoms with Crippen molar-refractivity contribution in [1.29, 1.82) is 0 Å². The summed E-state index contributed by atoms with van der Waals surface area (Å²) in [4.78, 5) is 2.00. The second-order valence-corrected chi connectivity index (χ2v) is 2.13. The molecule has 0 bridgehead atoms. The number of hydrogen-bond acceptors (Lipinski definition) is 2. The maximum atomic E-state index is 5.03. The molecule has 0 aliphatic rings. The summed E-state index contributed by atoms with van der Waals surface area (Å²) in [6.45, 7) is 2.88. The van der Waals surface area contributed by atoms with Crippen molar-refractivity contribution in [3.63, 3.8) is 0 Å². The fourth-order valence-electron chi connectivity index (χ4n) is 0. The van der Waals surface area contributed by atoms with E-state index in [9.17, 15) is 0 Å². The van der Waals surface area contributed by atoms with Gasteiger partial charge < -0.3 is 16.1 Å². The van der Waals surface area contributed by atoms with E-state index in [0.717, 1.165) is 13.0 Å². The standard InChI is InChI=1S/2C3H9N.H2O/c1-4(2)3;1-2-3-4;/h1-3H3;2-4H2,1H3;1H2. The Morgan fingerprint density at radius 2 is 1.33 bits per heavy atom. The van der Waals surface area contributed by atoms with Gasteiger partial charge in [0.15, 0.2) is 0 Å². The Morgan fingerprint density at radius 1 is 1.22 bits per heavy atom. The SMILES string of the molecule is CCCN.CN(C)C.O. The zero-order chi connectivity index (χ0) is 6.99. The molecule has 0 aliphatic carbocycles. The Bertz CT molecular complexity index is 27.5. The Hall–Kier alpha value is -0.120. The van der Waals surface area contributed by atoms with Crippen LogP contribution in [0.1, 0.15) is 13.3 Å². The van der Waals surface area contributed by atoms with Gasteiger partial charge in [0.1, 0.15) is 0 Å². The molecule has 0 fully saturated rings. The van der Waals surface area contributed by atoms with Gasteiger partial charge >= 0.3 is 0 Å². The fourth-order valence-corrected chi connectivity index (χ4v) is 0. The van der Waals surface area contributed by atoms with Crippen molar-refractivity contribution in [2.75, 3.05) is 27.7 Å². The molecule has 4 N–H and O–H groups in total. The highest BCUT2D eigenvalue weighted by Crippen LogP contribution is 1.57. The molecule has 0 aromatic heterocycles. The van der Waals surface area contributed by atoms with E-state index in [1.807, 2.05) is 26.0 Å². The van der Waals surface area contributed by atoms with Crippen molar-refractivity contribution < 1.29 is 5.48 Å². The molecule has 0 saturated carbocycles. The molecule has 0 unspecified atom stereocenters. The van der Waals surface area contributed by atoms with Crippen LogP contribution in [0.5, 0.6) is 0 Å². The Kier molecular flexibility index (Phi) is 27.8. The number of hydrogen-bond donors (Lipinski definition) is 1. The first-order valence-corrected chi connectivity index (χ1v) is 2.96. The van der Waals surface area contributed by atoms with Gasteiger partial charge in [-0.3, -0.25) is 0 Å². The third kappa shape index (κ3) is 352. The quantitative estimate of drug-likeness (QED) is 0.538. The number of nitrogens with two attached hydrogens (primary N) is 1. The molecule has 0 radical (unpaired) electrons.